The number of nitrogens with zero attached hydrogens (tertiary/aromatic N) is 1. The number of allylic oxidation sites excluding steroid dienone is 1. The summed E-state index contributed by atoms with van der Waals surface area (Å²) in [7, 11) is 0. The van der Waals surface area contributed by atoms with Crippen LogP contribution in [0.1, 0.15) is 21.5 Å². The van der Waals surface area contributed by atoms with E-state index in [0.717, 1.165) is 0 Å². The Morgan fingerprint density at radius 2 is 1.64 bits per heavy atom. The summed E-state index contributed by atoms with van der Waals surface area (Å²) in [6, 6.07) is 15.6. The molecule has 0 heterocycles. The molecule has 0 radical (unpaired) electrons. The molecule has 0 aliphatic rings. The third kappa shape index (κ3) is 3.77. The fourth-order valence-corrected chi connectivity index (χ4v) is 2.54. The lowest BCUT2D eigenvalue weighted by Gasteiger charge is -2.12. The molecule has 110 valence electrons. The molecule has 0 unspecified atom stereocenters. The van der Waals surface area contributed by atoms with Crippen molar-refractivity contribution >= 4 is 32.0 Å². The van der Waals surface area contributed by atoms with E-state index in [1.807, 2.05) is 6.07 Å². The largest absolute Gasteiger partial charge is 0.329 e. The summed E-state index contributed by atoms with van der Waals surface area (Å²) in [5.41, 5.74) is 0.938. The number of hydrogen-bond acceptors (Lipinski definition) is 2. The maximum absolute atomic E-state index is 14.1. The van der Waals surface area contributed by atoms with Crippen LogP contribution in [0.15, 0.2) is 60.7 Å². The first kappa shape index (κ1) is 16.3. The summed E-state index contributed by atoms with van der Waals surface area (Å²) < 4.78 is 28.4. The van der Waals surface area contributed by atoms with E-state index in [0.29, 0.717) is 17.2 Å². The zero-order chi connectivity index (χ0) is 16.2. The molecular formula is C17H10F2INO. The summed E-state index contributed by atoms with van der Waals surface area (Å²) in [4.78, 5) is 11.9. The van der Waals surface area contributed by atoms with E-state index in [4.69, 9.17) is 5.26 Å². The van der Waals surface area contributed by atoms with Gasteiger partial charge in [-0.15, -0.1) is 0 Å². The first-order valence-corrected chi connectivity index (χ1v) is 7.38. The molecule has 0 spiro atoms. The lowest BCUT2D eigenvalue weighted by Crippen LogP contribution is -2.26. The average Bonchev–Trinajstić information content (AvgIpc) is 2.54. The number of rotatable bonds is 4. The minimum Gasteiger partial charge on any atom is -0.287 e. The summed E-state index contributed by atoms with van der Waals surface area (Å²) >= 11 is 1.76. The van der Waals surface area contributed by atoms with Gasteiger partial charge >= 0.3 is 5.92 Å². The predicted molar refractivity (Wildman–Crippen MR) is 88.9 cm³/mol. The van der Waals surface area contributed by atoms with Gasteiger partial charge < -0.3 is 0 Å². The van der Waals surface area contributed by atoms with Gasteiger partial charge in [0.2, 0.25) is 5.78 Å². The van der Waals surface area contributed by atoms with Crippen molar-refractivity contribution in [3.05, 3.63) is 77.4 Å². The van der Waals surface area contributed by atoms with E-state index >= 15 is 0 Å². The van der Waals surface area contributed by atoms with Crippen molar-refractivity contribution in [3.8, 4) is 6.07 Å². The van der Waals surface area contributed by atoms with Crippen LogP contribution in [0.2, 0.25) is 0 Å². The van der Waals surface area contributed by atoms with Gasteiger partial charge in [-0.1, -0.05) is 42.5 Å². The van der Waals surface area contributed by atoms with Crippen molar-refractivity contribution < 1.29 is 13.6 Å². The molecule has 0 aliphatic carbocycles. The molecule has 0 aliphatic heterocycles. The summed E-state index contributed by atoms with van der Waals surface area (Å²) in [6.45, 7) is 0. The lowest BCUT2D eigenvalue weighted by atomic mass is 10.0. The van der Waals surface area contributed by atoms with Gasteiger partial charge in [0.1, 0.15) is 0 Å². The van der Waals surface area contributed by atoms with Crippen LogP contribution in [-0.2, 0) is 0 Å². The first-order chi connectivity index (χ1) is 10.4. The highest BCUT2D eigenvalue weighted by molar-refractivity contribution is 14.1. The fourth-order valence-electron chi connectivity index (χ4n) is 1.79. The second-order valence-electron chi connectivity index (χ2n) is 4.50. The minimum absolute atomic E-state index is 0.0345. The van der Waals surface area contributed by atoms with E-state index in [9.17, 15) is 13.6 Å². The van der Waals surface area contributed by atoms with Gasteiger partial charge in [-0.25, -0.2) is 0 Å². The molecule has 2 nitrogen and oxygen atoms in total. The normalized spacial score (nSPS) is 11.8. The topological polar surface area (TPSA) is 40.9 Å². The van der Waals surface area contributed by atoms with Crippen LogP contribution in [0, 0.1) is 11.3 Å². The fraction of sp³-hybridized carbons (Fsp3) is 0.0588. The first-order valence-electron chi connectivity index (χ1n) is 6.30. The zero-order valence-corrected chi connectivity index (χ0v) is 13.4. The monoisotopic (exact) mass is 409 g/mol. The van der Waals surface area contributed by atoms with E-state index in [-0.39, 0.29) is 9.14 Å². The lowest BCUT2D eigenvalue weighted by molar-refractivity contribution is 0.0385. The van der Waals surface area contributed by atoms with Crippen LogP contribution in [0.25, 0.3) is 3.58 Å². The van der Waals surface area contributed by atoms with Crippen molar-refractivity contribution in [2.75, 3.05) is 0 Å². The van der Waals surface area contributed by atoms with Crippen LogP contribution in [0.5, 0.6) is 0 Å². The molecule has 0 saturated carbocycles. The molecule has 0 atom stereocenters. The van der Waals surface area contributed by atoms with Crippen molar-refractivity contribution in [1.82, 2.24) is 0 Å². The maximum atomic E-state index is 14.1. The van der Waals surface area contributed by atoms with Crippen molar-refractivity contribution in [3.63, 3.8) is 0 Å². The third-order valence-electron chi connectivity index (χ3n) is 2.94. The Labute approximate surface area is 140 Å². The van der Waals surface area contributed by atoms with E-state index in [2.05, 4.69) is 0 Å². The number of nitriles is 1. The van der Waals surface area contributed by atoms with Crippen molar-refractivity contribution in [2.24, 2.45) is 0 Å². The maximum Gasteiger partial charge on any atom is 0.329 e. The second-order valence-corrected chi connectivity index (χ2v) is 5.66. The minimum atomic E-state index is -3.59. The van der Waals surface area contributed by atoms with E-state index in [1.54, 1.807) is 65.1 Å². The molecule has 0 N–H and O–H groups in total. The molecule has 0 aromatic heterocycles. The van der Waals surface area contributed by atoms with Crippen LogP contribution >= 0.6 is 22.6 Å². The Balaban J connectivity index is 2.29. The summed E-state index contributed by atoms with van der Waals surface area (Å²) in [5, 5.41) is 8.72. The Bertz CT molecular complexity index is 746. The molecule has 0 amide bonds. The zero-order valence-electron chi connectivity index (χ0n) is 11.3. The van der Waals surface area contributed by atoms with Crippen LogP contribution in [-0.4, -0.2) is 11.7 Å². The van der Waals surface area contributed by atoms with E-state index in [1.165, 1.54) is 12.1 Å². The molecule has 2 aromatic carbocycles. The molecule has 2 aromatic rings. The van der Waals surface area contributed by atoms with Gasteiger partial charge in [-0.2, -0.15) is 14.0 Å². The standard InChI is InChI=1S/C17H10F2INO/c18-17(19,16(22)14-4-2-1-3-5-14)10-15(20)13-8-6-12(11-21)7-9-13/h1-10H. The smallest absolute Gasteiger partial charge is 0.287 e. The molecule has 0 saturated heterocycles. The quantitative estimate of drug-likeness (QED) is 0.535. The average molecular weight is 409 g/mol. The molecule has 22 heavy (non-hydrogen) atoms. The van der Waals surface area contributed by atoms with Gasteiger partial charge in [0.05, 0.1) is 11.6 Å². The van der Waals surface area contributed by atoms with Crippen LogP contribution in [0.4, 0.5) is 8.78 Å². The highest BCUT2D eigenvalue weighted by atomic mass is 127. The van der Waals surface area contributed by atoms with Gasteiger partial charge in [-0.3, -0.25) is 4.79 Å². The summed E-state index contributed by atoms with van der Waals surface area (Å²) in [5.74, 6) is -4.83. The number of Topliss-reactive ketones (excluding diaryl/α,β-unsaturated/α-hetero) is 1. The molecule has 5 heteroatoms. The second kappa shape index (κ2) is 6.79. The number of carbonyl (C=O) groups excluding carboxylic acids is 1. The van der Waals surface area contributed by atoms with Crippen LogP contribution < -0.4 is 0 Å². The van der Waals surface area contributed by atoms with Gasteiger partial charge in [-0.05, 0) is 40.3 Å². The molecular weight excluding hydrogens is 399 g/mol. The van der Waals surface area contributed by atoms with E-state index < -0.39 is 11.7 Å². The molecule has 2 rings (SSSR count). The Morgan fingerprint density at radius 1 is 1.05 bits per heavy atom. The molecule has 0 fully saturated rings. The highest BCUT2D eigenvalue weighted by Crippen LogP contribution is 2.30. The number of benzene rings is 2. The summed E-state index contributed by atoms with van der Waals surface area (Å²) in [6.07, 6.45) is 0.643. The molecule has 0 bridgehead atoms. The number of carbonyl (C=O) groups is 1. The van der Waals surface area contributed by atoms with Gasteiger partial charge in [0.25, 0.3) is 0 Å². The Morgan fingerprint density at radius 3 is 2.18 bits per heavy atom. The van der Waals surface area contributed by atoms with Gasteiger partial charge in [0.15, 0.2) is 0 Å². The third-order valence-corrected chi connectivity index (χ3v) is 3.87. The number of alkyl halides is 2. The van der Waals surface area contributed by atoms with Crippen molar-refractivity contribution in [1.29, 1.82) is 5.26 Å². The highest BCUT2D eigenvalue weighted by Gasteiger charge is 2.37. The Kier molecular flexibility index (Phi) is 5.03. The Hall–Kier alpha value is -2.07. The number of hydrogen-bond donors (Lipinski definition) is 0. The van der Waals surface area contributed by atoms with Crippen LogP contribution in [0.3, 0.4) is 0 Å². The number of halogens is 3. The van der Waals surface area contributed by atoms with Crippen molar-refractivity contribution in [2.45, 2.75) is 5.92 Å². The van der Waals surface area contributed by atoms with Gasteiger partial charge in [0, 0.05) is 15.2 Å². The number of ketones is 1. The predicted octanol–water partition coefficient (Wildman–Crippen LogP) is 4.85. The SMILES string of the molecule is N#Cc1ccc(C(I)=CC(F)(F)C(=O)c2ccccc2)cc1.